The summed E-state index contributed by atoms with van der Waals surface area (Å²) in [4.78, 5) is 0. The third-order valence-corrected chi connectivity index (χ3v) is 0.940. The second kappa shape index (κ2) is 16.5. The van der Waals surface area contributed by atoms with Gasteiger partial charge in [-0.2, -0.15) is 0 Å². The first-order valence-corrected chi connectivity index (χ1v) is 4.30. The van der Waals surface area contributed by atoms with Crippen LogP contribution in [0.15, 0.2) is 0 Å². The van der Waals surface area contributed by atoms with E-state index in [9.17, 15) is 0 Å². The van der Waals surface area contributed by atoms with Crippen LogP contribution in [0.25, 0.3) is 0 Å². The number of nitrogens with two attached hydrogens (primary N) is 1. The van der Waals surface area contributed by atoms with Gasteiger partial charge < -0.3 is 15.6 Å². The maximum Gasteiger partial charge on any atom is 0.0487 e. The van der Waals surface area contributed by atoms with Crippen molar-refractivity contribution in [2.24, 2.45) is 5.73 Å². The Morgan fingerprint density at radius 1 is 1.18 bits per heavy atom. The second-order valence-corrected chi connectivity index (χ2v) is 1.83. The normalized spacial score (nSPS) is 8.73. The van der Waals surface area contributed by atoms with E-state index in [4.69, 9.17) is 15.6 Å². The van der Waals surface area contributed by atoms with E-state index in [-0.39, 0.29) is 6.61 Å². The van der Waals surface area contributed by atoms with Gasteiger partial charge in [-0.25, -0.2) is 0 Å². The number of hydrogen-bond acceptors (Lipinski definition) is 3. The Balaban J connectivity index is 0. The molecule has 3 nitrogen and oxygen atoms in total. The molecular weight excluding hydrogens is 142 g/mol. The molecular formula is C8H21NO2. The van der Waals surface area contributed by atoms with Crippen LogP contribution in [0.5, 0.6) is 0 Å². The Bertz CT molecular complexity index is 45.4. The molecule has 0 saturated carbocycles. The van der Waals surface area contributed by atoms with E-state index < -0.39 is 0 Å². The lowest BCUT2D eigenvalue weighted by Crippen LogP contribution is -2.05. The first-order valence-electron chi connectivity index (χ1n) is 4.30. The van der Waals surface area contributed by atoms with Crippen molar-refractivity contribution in [1.29, 1.82) is 0 Å². The summed E-state index contributed by atoms with van der Waals surface area (Å²) < 4.78 is 5.07. The molecule has 0 heterocycles. The number of rotatable bonds is 6. The molecule has 0 fully saturated rings. The van der Waals surface area contributed by atoms with Crippen molar-refractivity contribution in [3.05, 3.63) is 0 Å². The van der Waals surface area contributed by atoms with E-state index in [0.29, 0.717) is 13.2 Å². The molecule has 11 heavy (non-hydrogen) atoms. The van der Waals surface area contributed by atoms with Gasteiger partial charge in [-0.3, -0.25) is 0 Å². The monoisotopic (exact) mass is 163 g/mol. The Hall–Kier alpha value is -0.120. The third-order valence-electron chi connectivity index (χ3n) is 0.940. The zero-order chi connectivity index (χ0) is 8.95. The molecule has 3 heteroatoms. The van der Waals surface area contributed by atoms with E-state index in [2.05, 4.69) is 0 Å². The lowest BCUT2D eigenvalue weighted by Gasteiger charge is -1.99. The fourth-order valence-electron chi connectivity index (χ4n) is 0.454. The minimum Gasteiger partial charge on any atom is -0.396 e. The van der Waals surface area contributed by atoms with Gasteiger partial charge in [0.15, 0.2) is 0 Å². The van der Waals surface area contributed by atoms with Gasteiger partial charge in [0.1, 0.15) is 0 Å². The highest BCUT2D eigenvalue weighted by Crippen LogP contribution is 1.82. The van der Waals surface area contributed by atoms with E-state index in [1.807, 2.05) is 13.8 Å². The van der Waals surface area contributed by atoms with Crippen molar-refractivity contribution >= 4 is 0 Å². The van der Waals surface area contributed by atoms with Crippen LogP contribution in [0.4, 0.5) is 0 Å². The highest BCUT2D eigenvalue weighted by atomic mass is 16.5. The molecule has 0 saturated heterocycles. The highest BCUT2D eigenvalue weighted by molar-refractivity contribution is 4.36. The molecule has 70 valence electrons. The molecule has 0 spiro atoms. The molecule has 0 amide bonds. The van der Waals surface area contributed by atoms with E-state index in [1.165, 1.54) is 0 Å². The standard InChI is InChI=1S/C6H15NO2.C2H6/c7-3-1-5-9-6-2-4-8;1-2/h8H,1-7H2;1-2H3. The molecule has 0 bridgehead atoms. The van der Waals surface area contributed by atoms with Crippen LogP contribution in [-0.2, 0) is 4.74 Å². The molecule has 0 aliphatic heterocycles. The summed E-state index contributed by atoms with van der Waals surface area (Å²) in [7, 11) is 0. The lowest BCUT2D eigenvalue weighted by atomic mass is 10.4. The first-order chi connectivity index (χ1) is 5.41. The average Bonchev–Trinajstić information content (AvgIpc) is 2.08. The summed E-state index contributed by atoms with van der Waals surface area (Å²) >= 11 is 0. The van der Waals surface area contributed by atoms with Gasteiger partial charge >= 0.3 is 0 Å². The van der Waals surface area contributed by atoms with Crippen molar-refractivity contribution < 1.29 is 9.84 Å². The Morgan fingerprint density at radius 2 is 1.73 bits per heavy atom. The van der Waals surface area contributed by atoms with Gasteiger partial charge in [-0.15, -0.1) is 0 Å². The minimum atomic E-state index is 0.211. The van der Waals surface area contributed by atoms with Crippen molar-refractivity contribution in [2.75, 3.05) is 26.4 Å². The van der Waals surface area contributed by atoms with Gasteiger partial charge in [0.25, 0.3) is 0 Å². The molecule has 3 N–H and O–H groups in total. The summed E-state index contributed by atoms with van der Waals surface area (Å²) in [6, 6.07) is 0. The summed E-state index contributed by atoms with van der Waals surface area (Å²) in [5.74, 6) is 0. The van der Waals surface area contributed by atoms with Crippen LogP contribution in [-0.4, -0.2) is 31.5 Å². The van der Waals surface area contributed by atoms with Gasteiger partial charge in [0.2, 0.25) is 0 Å². The topological polar surface area (TPSA) is 55.5 Å². The van der Waals surface area contributed by atoms with Crippen LogP contribution in [0.1, 0.15) is 26.7 Å². The molecule has 0 aliphatic rings. The van der Waals surface area contributed by atoms with Crippen molar-refractivity contribution in [1.82, 2.24) is 0 Å². The maximum atomic E-state index is 8.32. The Labute approximate surface area is 69.5 Å². The van der Waals surface area contributed by atoms with Gasteiger partial charge in [-0.05, 0) is 19.4 Å². The van der Waals surface area contributed by atoms with Crippen LogP contribution in [0, 0.1) is 0 Å². The quantitative estimate of drug-likeness (QED) is 0.568. The predicted molar refractivity (Wildman–Crippen MR) is 47.5 cm³/mol. The van der Waals surface area contributed by atoms with E-state index in [0.717, 1.165) is 19.4 Å². The summed E-state index contributed by atoms with van der Waals surface area (Å²) in [5, 5.41) is 8.32. The van der Waals surface area contributed by atoms with Gasteiger partial charge in [0, 0.05) is 19.8 Å². The number of aliphatic hydroxyl groups is 1. The molecule has 0 radical (unpaired) electrons. The zero-order valence-electron chi connectivity index (χ0n) is 7.68. The number of ether oxygens (including phenoxy) is 1. The first kappa shape index (κ1) is 13.5. The van der Waals surface area contributed by atoms with Crippen LogP contribution in [0.2, 0.25) is 0 Å². The molecule has 0 aliphatic carbocycles. The van der Waals surface area contributed by atoms with Crippen LogP contribution < -0.4 is 5.73 Å². The maximum absolute atomic E-state index is 8.32. The van der Waals surface area contributed by atoms with E-state index in [1.54, 1.807) is 0 Å². The lowest BCUT2D eigenvalue weighted by molar-refractivity contribution is 0.115. The summed E-state index contributed by atoms with van der Waals surface area (Å²) in [6.07, 6.45) is 1.63. The number of hydrogen-bond donors (Lipinski definition) is 2. The Morgan fingerprint density at radius 3 is 2.18 bits per heavy atom. The van der Waals surface area contributed by atoms with Crippen molar-refractivity contribution in [3.8, 4) is 0 Å². The molecule has 0 unspecified atom stereocenters. The minimum absolute atomic E-state index is 0.211. The van der Waals surface area contributed by atoms with Crippen LogP contribution in [0.3, 0.4) is 0 Å². The SMILES string of the molecule is CC.NCCCOCCCO. The predicted octanol–water partition coefficient (Wildman–Crippen LogP) is 0.760. The zero-order valence-corrected chi connectivity index (χ0v) is 7.68. The Kier molecular flexibility index (Phi) is 20.2. The second-order valence-electron chi connectivity index (χ2n) is 1.83. The molecule has 0 rings (SSSR count). The summed E-state index contributed by atoms with van der Waals surface area (Å²) in [5.41, 5.74) is 5.21. The van der Waals surface area contributed by atoms with Crippen molar-refractivity contribution in [2.45, 2.75) is 26.7 Å². The van der Waals surface area contributed by atoms with Gasteiger partial charge in [-0.1, -0.05) is 13.8 Å². The molecule has 0 aromatic heterocycles. The smallest absolute Gasteiger partial charge is 0.0487 e. The largest absolute Gasteiger partial charge is 0.396 e. The molecule has 0 aromatic carbocycles. The highest BCUT2D eigenvalue weighted by Gasteiger charge is 1.85. The van der Waals surface area contributed by atoms with Gasteiger partial charge in [0.05, 0.1) is 0 Å². The third kappa shape index (κ3) is 17.7. The summed E-state index contributed by atoms with van der Waals surface area (Å²) in [6.45, 7) is 6.26. The van der Waals surface area contributed by atoms with Crippen molar-refractivity contribution in [3.63, 3.8) is 0 Å². The van der Waals surface area contributed by atoms with Crippen LogP contribution >= 0.6 is 0 Å². The molecule has 0 aromatic rings. The average molecular weight is 163 g/mol. The van der Waals surface area contributed by atoms with E-state index >= 15 is 0 Å². The number of aliphatic hydroxyl groups excluding tert-OH is 1. The fourth-order valence-corrected chi connectivity index (χ4v) is 0.454. The fraction of sp³-hybridized carbons (Fsp3) is 1.00. The molecule has 0 atom stereocenters.